The molecule has 106 valence electrons. The first kappa shape index (κ1) is 15.5. The lowest BCUT2D eigenvalue weighted by Crippen LogP contribution is -2.19. The molecule has 1 N–H and O–H groups in total. The van der Waals surface area contributed by atoms with E-state index in [2.05, 4.69) is 39.4 Å². The highest BCUT2D eigenvalue weighted by Gasteiger charge is 2.15. The highest BCUT2D eigenvalue weighted by atomic mass is 79.9. The fourth-order valence-electron chi connectivity index (χ4n) is 2.14. The molecule has 4 heteroatoms. The molecule has 20 heavy (non-hydrogen) atoms. The standard InChI is InChI=1S/C16H16BrClFN/c1-10-6-7-11(8-13(10)17)15(20-2)9-12-4-3-5-14(18)16(12)19/h3-8,15,20H,9H2,1-2H3. The number of likely N-dealkylation sites (N-methyl/N-ethyl adjacent to an activating group) is 1. The predicted octanol–water partition coefficient (Wildman–Crippen LogP) is 5.05. The monoisotopic (exact) mass is 355 g/mol. The van der Waals surface area contributed by atoms with Crippen LogP contribution in [0.1, 0.15) is 22.7 Å². The van der Waals surface area contributed by atoms with Crippen LogP contribution in [-0.2, 0) is 6.42 Å². The zero-order chi connectivity index (χ0) is 14.7. The van der Waals surface area contributed by atoms with Gasteiger partial charge in [0.25, 0.3) is 0 Å². The fourth-order valence-corrected chi connectivity index (χ4v) is 2.73. The van der Waals surface area contributed by atoms with Gasteiger partial charge in [-0.25, -0.2) is 4.39 Å². The number of rotatable bonds is 4. The van der Waals surface area contributed by atoms with Crippen molar-refractivity contribution < 1.29 is 4.39 Å². The van der Waals surface area contributed by atoms with Gasteiger partial charge in [0.2, 0.25) is 0 Å². The van der Waals surface area contributed by atoms with Gasteiger partial charge in [-0.3, -0.25) is 0 Å². The number of hydrogen-bond acceptors (Lipinski definition) is 1. The topological polar surface area (TPSA) is 12.0 Å². The van der Waals surface area contributed by atoms with Gasteiger partial charge in [0.1, 0.15) is 5.82 Å². The molecule has 0 amide bonds. The van der Waals surface area contributed by atoms with E-state index in [0.29, 0.717) is 12.0 Å². The summed E-state index contributed by atoms with van der Waals surface area (Å²) in [5, 5.41) is 3.40. The van der Waals surface area contributed by atoms with Crippen LogP contribution in [0.15, 0.2) is 40.9 Å². The Morgan fingerprint density at radius 1 is 1.30 bits per heavy atom. The minimum atomic E-state index is -0.333. The van der Waals surface area contributed by atoms with Crippen molar-refractivity contribution in [3.05, 3.63) is 68.4 Å². The lowest BCUT2D eigenvalue weighted by atomic mass is 9.98. The van der Waals surface area contributed by atoms with Gasteiger partial charge in [0.05, 0.1) is 5.02 Å². The fraction of sp³-hybridized carbons (Fsp3) is 0.250. The van der Waals surface area contributed by atoms with Crippen molar-refractivity contribution in [1.82, 2.24) is 5.32 Å². The quantitative estimate of drug-likeness (QED) is 0.808. The van der Waals surface area contributed by atoms with Crippen molar-refractivity contribution in [3.63, 3.8) is 0 Å². The Hall–Kier alpha value is -0.900. The molecule has 0 fully saturated rings. The number of aryl methyl sites for hydroxylation is 1. The lowest BCUT2D eigenvalue weighted by Gasteiger charge is -2.18. The Kier molecular flexibility index (Phi) is 5.19. The summed E-state index contributed by atoms with van der Waals surface area (Å²) >= 11 is 9.36. The van der Waals surface area contributed by atoms with Crippen LogP contribution in [0.5, 0.6) is 0 Å². The summed E-state index contributed by atoms with van der Waals surface area (Å²) in [6.07, 6.45) is 0.554. The van der Waals surface area contributed by atoms with E-state index in [-0.39, 0.29) is 16.9 Å². The summed E-state index contributed by atoms with van der Waals surface area (Å²) in [7, 11) is 1.88. The average molecular weight is 357 g/mol. The van der Waals surface area contributed by atoms with Crippen molar-refractivity contribution in [2.24, 2.45) is 0 Å². The Balaban J connectivity index is 2.28. The van der Waals surface area contributed by atoms with Gasteiger partial charge in [0.15, 0.2) is 0 Å². The van der Waals surface area contributed by atoms with E-state index in [1.54, 1.807) is 18.2 Å². The summed E-state index contributed by atoms with van der Waals surface area (Å²) in [6.45, 7) is 2.04. The van der Waals surface area contributed by atoms with Gasteiger partial charge < -0.3 is 5.32 Å². The lowest BCUT2D eigenvalue weighted by molar-refractivity contribution is 0.554. The first-order valence-corrected chi connectivity index (χ1v) is 7.56. The molecule has 0 bridgehead atoms. The van der Waals surface area contributed by atoms with Gasteiger partial charge >= 0.3 is 0 Å². The molecule has 2 rings (SSSR count). The number of halogens is 3. The third-order valence-electron chi connectivity index (χ3n) is 3.40. The van der Waals surface area contributed by atoms with Crippen LogP contribution >= 0.6 is 27.5 Å². The molecule has 0 heterocycles. The van der Waals surface area contributed by atoms with Gasteiger partial charge in [-0.05, 0) is 49.2 Å². The maximum Gasteiger partial charge on any atom is 0.145 e. The van der Waals surface area contributed by atoms with E-state index in [9.17, 15) is 4.39 Å². The molecule has 0 aliphatic carbocycles. The van der Waals surface area contributed by atoms with Crippen LogP contribution in [0.25, 0.3) is 0 Å². The molecule has 0 spiro atoms. The zero-order valence-corrected chi connectivity index (χ0v) is 13.7. The maximum absolute atomic E-state index is 14.0. The van der Waals surface area contributed by atoms with E-state index in [1.807, 2.05) is 14.0 Å². The average Bonchev–Trinajstić information content (AvgIpc) is 2.44. The second kappa shape index (κ2) is 6.70. The van der Waals surface area contributed by atoms with Crippen LogP contribution in [-0.4, -0.2) is 7.05 Å². The third-order valence-corrected chi connectivity index (χ3v) is 4.55. The number of benzene rings is 2. The first-order valence-electron chi connectivity index (χ1n) is 6.39. The third kappa shape index (κ3) is 3.40. The molecule has 2 aromatic carbocycles. The largest absolute Gasteiger partial charge is 0.313 e. The molecule has 0 saturated carbocycles. The Morgan fingerprint density at radius 2 is 2.05 bits per heavy atom. The predicted molar refractivity (Wildman–Crippen MR) is 85.8 cm³/mol. The molecule has 1 unspecified atom stereocenters. The van der Waals surface area contributed by atoms with Gasteiger partial charge in [-0.15, -0.1) is 0 Å². The molecular weight excluding hydrogens is 341 g/mol. The van der Waals surface area contributed by atoms with Crippen LogP contribution < -0.4 is 5.32 Å². The Morgan fingerprint density at radius 3 is 2.70 bits per heavy atom. The van der Waals surface area contributed by atoms with Crippen LogP contribution in [0.3, 0.4) is 0 Å². The van der Waals surface area contributed by atoms with E-state index in [1.165, 1.54) is 5.56 Å². The second-order valence-corrected chi connectivity index (χ2v) is 6.03. The highest BCUT2D eigenvalue weighted by molar-refractivity contribution is 9.10. The van der Waals surface area contributed by atoms with E-state index >= 15 is 0 Å². The Bertz CT molecular complexity index is 615. The van der Waals surface area contributed by atoms with Crippen molar-refractivity contribution >= 4 is 27.5 Å². The SMILES string of the molecule is CNC(Cc1cccc(Cl)c1F)c1ccc(C)c(Br)c1. The summed E-state index contributed by atoms with van der Waals surface area (Å²) in [4.78, 5) is 0. The van der Waals surface area contributed by atoms with Gasteiger partial charge in [-0.1, -0.05) is 51.8 Å². The highest BCUT2D eigenvalue weighted by Crippen LogP contribution is 2.26. The van der Waals surface area contributed by atoms with Gasteiger partial charge in [0, 0.05) is 10.5 Å². The molecule has 0 aliphatic rings. The minimum absolute atomic E-state index is 0.0415. The summed E-state index contributed by atoms with van der Waals surface area (Å²) < 4.78 is 15.0. The molecular formula is C16H16BrClFN. The Labute approximate surface area is 132 Å². The smallest absolute Gasteiger partial charge is 0.145 e. The summed E-state index contributed by atoms with van der Waals surface area (Å²) in [6, 6.07) is 11.3. The summed E-state index contributed by atoms with van der Waals surface area (Å²) in [5.74, 6) is -0.333. The van der Waals surface area contributed by atoms with Crippen molar-refractivity contribution in [2.45, 2.75) is 19.4 Å². The zero-order valence-electron chi connectivity index (χ0n) is 11.4. The molecule has 0 aromatic heterocycles. The number of hydrogen-bond donors (Lipinski definition) is 1. The van der Waals surface area contributed by atoms with E-state index < -0.39 is 0 Å². The minimum Gasteiger partial charge on any atom is -0.313 e. The van der Waals surface area contributed by atoms with Crippen molar-refractivity contribution in [1.29, 1.82) is 0 Å². The maximum atomic E-state index is 14.0. The second-order valence-electron chi connectivity index (χ2n) is 4.77. The molecule has 1 nitrogen and oxygen atoms in total. The van der Waals surface area contributed by atoms with Crippen LogP contribution in [0, 0.1) is 12.7 Å². The first-order chi connectivity index (χ1) is 9.52. The van der Waals surface area contributed by atoms with E-state index in [0.717, 1.165) is 10.0 Å². The van der Waals surface area contributed by atoms with Crippen LogP contribution in [0.2, 0.25) is 5.02 Å². The summed E-state index contributed by atoms with van der Waals surface area (Å²) in [5.41, 5.74) is 2.91. The normalized spacial score (nSPS) is 12.4. The molecule has 0 saturated heterocycles. The molecule has 0 radical (unpaired) electrons. The van der Waals surface area contributed by atoms with Gasteiger partial charge in [-0.2, -0.15) is 0 Å². The molecule has 0 aliphatic heterocycles. The molecule has 2 aromatic rings. The van der Waals surface area contributed by atoms with Crippen molar-refractivity contribution in [2.75, 3.05) is 7.05 Å². The van der Waals surface area contributed by atoms with E-state index in [4.69, 9.17) is 11.6 Å². The molecule has 1 atom stereocenters. The van der Waals surface area contributed by atoms with Crippen LogP contribution in [0.4, 0.5) is 4.39 Å². The van der Waals surface area contributed by atoms with Crippen molar-refractivity contribution in [3.8, 4) is 0 Å². The number of nitrogens with one attached hydrogen (secondary N) is 1.